The van der Waals surface area contributed by atoms with Crippen LogP contribution in [0, 0.1) is 17.5 Å². The molecule has 0 radical (unpaired) electrons. The highest BCUT2D eigenvalue weighted by Gasteiger charge is 2.09. The first-order valence-electron chi connectivity index (χ1n) is 5.61. The van der Waals surface area contributed by atoms with Crippen molar-refractivity contribution in [3.8, 4) is 0 Å². The van der Waals surface area contributed by atoms with Gasteiger partial charge in [0.2, 0.25) is 0 Å². The van der Waals surface area contributed by atoms with E-state index in [1.807, 2.05) is 0 Å². The molecule has 0 aliphatic carbocycles. The van der Waals surface area contributed by atoms with Gasteiger partial charge in [-0.2, -0.15) is 0 Å². The van der Waals surface area contributed by atoms with E-state index in [1.54, 1.807) is 0 Å². The molecule has 1 rings (SSSR count). The largest absolute Gasteiger partial charge is 0.481 e. The molecule has 0 aliphatic rings. The molecular weight excluding hydrogens is 247 g/mol. The number of hydrogen-bond acceptors (Lipinski definition) is 2. The Bertz CT molecular complexity index is 401. The molecule has 0 heterocycles. The van der Waals surface area contributed by atoms with Crippen LogP contribution in [0.25, 0.3) is 0 Å². The van der Waals surface area contributed by atoms with Gasteiger partial charge in [0.15, 0.2) is 17.5 Å². The highest BCUT2D eigenvalue weighted by Crippen LogP contribution is 2.17. The maximum atomic E-state index is 12.8. The van der Waals surface area contributed by atoms with Gasteiger partial charge >= 0.3 is 5.97 Å². The highest BCUT2D eigenvalue weighted by molar-refractivity contribution is 5.66. The molecule has 0 atom stereocenters. The summed E-state index contributed by atoms with van der Waals surface area (Å²) in [6.07, 6.45) is 2.04. The smallest absolute Gasteiger partial charge is 0.303 e. The van der Waals surface area contributed by atoms with Gasteiger partial charge in [0.25, 0.3) is 0 Å². The summed E-state index contributed by atoms with van der Waals surface area (Å²) in [5.74, 6) is -4.79. The van der Waals surface area contributed by atoms with Gasteiger partial charge in [0.05, 0.1) is 0 Å². The third-order valence-electron chi connectivity index (χ3n) is 2.38. The summed E-state index contributed by atoms with van der Waals surface area (Å²) in [5.41, 5.74) is 0.171. The molecule has 3 nitrogen and oxygen atoms in total. The number of carboxylic acids is 1. The Morgan fingerprint density at radius 2 is 1.72 bits per heavy atom. The van der Waals surface area contributed by atoms with Crippen LogP contribution in [0.3, 0.4) is 0 Å². The molecule has 0 fully saturated rings. The van der Waals surface area contributed by atoms with Crippen LogP contribution in [-0.4, -0.2) is 17.6 Å². The number of carbonyl (C=O) groups is 1. The van der Waals surface area contributed by atoms with Crippen molar-refractivity contribution in [1.29, 1.82) is 0 Å². The highest BCUT2D eigenvalue weighted by atomic mass is 19.2. The number of aliphatic carboxylic acids is 1. The first-order valence-corrected chi connectivity index (χ1v) is 5.61. The molecule has 0 bridgehead atoms. The van der Waals surface area contributed by atoms with Gasteiger partial charge < -0.3 is 10.4 Å². The van der Waals surface area contributed by atoms with E-state index >= 15 is 0 Å². The summed E-state index contributed by atoms with van der Waals surface area (Å²) >= 11 is 0. The van der Waals surface area contributed by atoms with Crippen molar-refractivity contribution in [1.82, 2.24) is 0 Å². The summed E-state index contributed by atoms with van der Waals surface area (Å²) in [7, 11) is 0. The molecule has 0 aliphatic heterocycles. The maximum Gasteiger partial charge on any atom is 0.303 e. The van der Waals surface area contributed by atoms with Gasteiger partial charge in [0.1, 0.15) is 0 Å². The van der Waals surface area contributed by atoms with Crippen molar-refractivity contribution in [3.63, 3.8) is 0 Å². The molecule has 0 saturated carbocycles. The number of anilines is 1. The summed E-state index contributed by atoms with van der Waals surface area (Å²) in [4.78, 5) is 10.2. The van der Waals surface area contributed by atoms with Crippen molar-refractivity contribution in [3.05, 3.63) is 29.6 Å². The fraction of sp³-hybridized carbons (Fsp3) is 0.417. The Hall–Kier alpha value is -1.72. The van der Waals surface area contributed by atoms with Crippen molar-refractivity contribution in [2.75, 3.05) is 11.9 Å². The fourth-order valence-electron chi connectivity index (χ4n) is 1.47. The fourth-order valence-corrected chi connectivity index (χ4v) is 1.47. The summed E-state index contributed by atoms with van der Waals surface area (Å²) in [6.45, 7) is 0.449. The Kier molecular flexibility index (Phi) is 5.48. The van der Waals surface area contributed by atoms with Crippen molar-refractivity contribution < 1.29 is 23.1 Å². The summed E-state index contributed by atoms with van der Waals surface area (Å²) in [6, 6.07) is 1.77. The normalized spacial score (nSPS) is 10.4. The predicted octanol–water partition coefficient (Wildman–Crippen LogP) is 3.16. The summed E-state index contributed by atoms with van der Waals surface area (Å²) < 4.78 is 38.3. The van der Waals surface area contributed by atoms with Crippen LogP contribution in [0.15, 0.2) is 12.1 Å². The van der Waals surface area contributed by atoms with Crippen LogP contribution in [0.5, 0.6) is 0 Å². The average molecular weight is 261 g/mol. The zero-order valence-corrected chi connectivity index (χ0v) is 9.68. The number of halogens is 3. The lowest BCUT2D eigenvalue weighted by Gasteiger charge is -2.07. The van der Waals surface area contributed by atoms with E-state index in [9.17, 15) is 18.0 Å². The van der Waals surface area contributed by atoms with Crippen LogP contribution in [0.2, 0.25) is 0 Å². The van der Waals surface area contributed by atoms with E-state index in [0.29, 0.717) is 25.8 Å². The number of carboxylic acid groups (broad SMARTS) is 1. The van der Waals surface area contributed by atoms with Gasteiger partial charge in [-0.05, 0) is 12.8 Å². The number of unbranched alkanes of at least 4 members (excludes halogenated alkanes) is 2. The Balaban J connectivity index is 2.29. The van der Waals surface area contributed by atoms with E-state index in [1.165, 1.54) is 0 Å². The van der Waals surface area contributed by atoms with Crippen molar-refractivity contribution in [2.45, 2.75) is 25.7 Å². The monoisotopic (exact) mass is 261 g/mol. The standard InChI is InChI=1S/C12H14F3NO2/c13-9-6-8(7-10(14)12(9)15)16-5-3-1-2-4-11(17)18/h6-7,16H,1-5H2,(H,17,18). The molecule has 2 N–H and O–H groups in total. The third kappa shape index (κ3) is 4.65. The lowest BCUT2D eigenvalue weighted by atomic mass is 10.2. The van der Waals surface area contributed by atoms with Gasteiger partial charge in [-0.25, -0.2) is 13.2 Å². The molecule has 6 heteroatoms. The molecule has 100 valence electrons. The van der Waals surface area contributed by atoms with Gasteiger partial charge in [-0.1, -0.05) is 6.42 Å². The lowest BCUT2D eigenvalue weighted by molar-refractivity contribution is -0.137. The van der Waals surface area contributed by atoms with Crippen LogP contribution >= 0.6 is 0 Å². The van der Waals surface area contributed by atoms with Crippen LogP contribution < -0.4 is 5.32 Å². The minimum Gasteiger partial charge on any atom is -0.481 e. The first-order chi connectivity index (χ1) is 8.50. The van der Waals surface area contributed by atoms with E-state index in [0.717, 1.165) is 12.1 Å². The molecule has 0 saturated heterocycles. The maximum absolute atomic E-state index is 12.8. The molecule has 1 aromatic rings. The van der Waals surface area contributed by atoms with Gasteiger partial charge in [-0.15, -0.1) is 0 Å². The molecule has 0 aromatic heterocycles. The van der Waals surface area contributed by atoms with Gasteiger partial charge in [-0.3, -0.25) is 4.79 Å². The minimum atomic E-state index is -1.48. The topological polar surface area (TPSA) is 49.3 Å². The Morgan fingerprint density at radius 3 is 2.28 bits per heavy atom. The molecule has 18 heavy (non-hydrogen) atoms. The van der Waals surface area contributed by atoms with Crippen LogP contribution in [0.1, 0.15) is 25.7 Å². The number of rotatable bonds is 7. The zero-order chi connectivity index (χ0) is 13.5. The lowest BCUT2D eigenvalue weighted by Crippen LogP contribution is -2.04. The minimum absolute atomic E-state index is 0.111. The predicted molar refractivity (Wildman–Crippen MR) is 60.9 cm³/mol. The molecule has 0 spiro atoms. The molecular formula is C12H14F3NO2. The second kappa shape index (κ2) is 6.88. The second-order valence-electron chi connectivity index (χ2n) is 3.89. The van der Waals surface area contributed by atoms with Crippen LogP contribution in [-0.2, 0) is 4.79 Å². The molecule has 0 amide bonds. The van der Waals surface area contributed by atoms with Crippen molar-refractivity contribution in [2.24, 2.45) is 0 Å². The number of hydrogen-bond donors (Lipinski definition) is 2. The average Bonchev–Trinajstić information content (AvgIpc) is 2.30. The zero-order valence-electron chi connectivity index (χ0n) is 9.68. The number of nitrogens with one attached hydrogen (secondary N) is 1. The van der Waals surface area contributed by atoms with Crippen LogP contribution in [0.4, 0.5) is 18.9 Å². The van der Waals surface area contributed by atoms with E-state index in [2.05, 4.69) is 5.32 Å². The SMILES string of the molecule is O=C(O)CCCCCNc1cc(F)c(F)c(F)c1. The first kappa shape index (κ1) is 14.3. The molecule has 1 aromatic carbocycles. The molecule has 0 unspecified atom stereocenters. The second-order valence-corrected chi connectivity index (χ2v) is 3.89. The Labute approximate surface area is 103 Å². The van der Waals surface area contributed by atoms with Crippen molar-refractivity contribution >= 4 is 11.7 Å². The number of benzene rings is 1. The van der Waals surface area contributed by atoms with Gasteiger partial charge in [0, 0.05) is 30.8 Å². The summed E-state index contributed by atoms with van der Waals surface area (Å²) in [5, 5.41) is 11.1. The Morgan fingerprint density at radius 1 is 1.11 bits per heavy atom. The quantitative estimate of drug-likeness (QED) is 0.585. The van der Waals surface area contributed by atoms with E-state index < -0.39 is 23.4 Å². The van der Waals surface area contributed by atoms with E-state index in [4.69, 9.17) is 5.11 Å². The third-order valence-corrected chi connectivity index (χ3v) is 2.38. The van der Waals surface area contributed by atoms with E-state index in [-0.39, 0.29) is 12.1 Å².